The zero-order chi connectivity index (χ0) is 20.6. The molecule has 0 aromatic carbocycles. The van der Waals surface area contributed by atoms with E-state index in [9.17, 15) is 9.59 Å². The van der Waals surface area contributed by atoms with Crippen LogP contribution in [-0.4, -0.2) is 45.6 Å². The highest BCUT2D eigenvalue weighted by molar-refractivity contribution is 5.96. The van der Waals surface area contributed by atoms with E-state index in [0.29, 0.717) is 30.7 Å². The fourth-order valence-corrected chi connectivity index (χ4v) is 5.22. The van der Waals surface area contributed by atoms with Crippen LogP contribution in [0, 0.1) is 19.3 Å². The number of hydrogen-bond donors (Lipinski definition) is 1. The molecule has 7 nitrogen and oxygen atoms in total. The summed E-state index contributed by atoms with van der Waals surface area (Å²) in [5.74, 6) is 0.782. The maximum absolute atomic E-state index is 12.9. The van der Waals surface area contributed by atoms with Gasteiger partial charge in [0.15, 0.2) is 0 Å². The Hall–Kier alpha value is -2.57. The van der Waals surface area contributed by atoms with Crippen molar-refractivity contribution in [1.82, 2.24) is 20.0 Å². The van der Waals surface area contributed by atoms with Crippen LogP contribution in [-0.2, 0) is 18.3 Å². The van der Waals surface area contributed by atoms with Gasteiger partial charge < -0.3 is 14.6 Å². The summed E-state index contributed by atoms with van der Waals surface area (Å²) in [5.41, 5.74) is 2.45. The molecule has 1 aliphatic carbocycles. The average molecular weight is 399 g/mol. The van der Waals surface area contributed by atoms with Crippen molar-refractivity contribution in [1.29, 1.82) is 0 Å². The third-order valence-electron chi connectivity index (χ3n) is 6.76. The number of likely N-dealkylation sites (tertiary alicyclic amines) is 1. The first kappa shape index (κ1) is 19.7. The predicted octanol–water partition coefficient (Wildman–Crippen LogP) is 2.76. The van der Waals surface area contributed by atoms with Crippen LogP contribution in [0.25, 0.3) is 0 Å². The molecule has 29 heavy (non-hydrogen) atoms. The molecule has 2 atom stereocenters. The van der Waals surface area contributed by atoms with Crippen molar-refractivity contribution in [2.45, 2.75) is 58.4 Å². The van der Waals surface area contributed by atoms with Crippen molar-refractivity contribution >= 4 is 11.8 Å². The minimum absolute atomic E-state index is 0.00185. The first-order chi connectivity index (χ1) is 13.9. The van der Waals surface area contributed by atoms with Crippen LogP contribution >= 0.6 is 0 Å². The van der Waals surface area contributed by atoms with Crippen LogP contribution in [0.3, 0.4) is 0 Å². The van der Waals surface area contributed by atoms with Crippen molar-refractivity contribution in [3.8, 4) is 0 Å². The molecule has 2 fully saturated rings. The van der Waals surface area contributed by atoms with E-state index in [1.54, 1.807) is 10.9 Å². The smallest absolute Gasteiger partial charge is 0.255 e. The molecule has 3 heterocycles. The van der Waals surface area contributed by atoms with Crippen LogP contribution in [0.2, 0.25) is 0 Å². The van der Waals surface area contributed by atoms with Gasteiger partial charge in [-0.15, -0.1) is 0 Å². The van der Waals surface area contributed by atoms with Crippen molar-refractivity contribution in [3.05, 3.63) is 41.1 Å². The molecule has 2 aromatic rings. The Morgan fingerprint density at radius 3 is 2.86 bits per heavy atom. The number of furan rings is 1. The average Bonchev–Trinajstić information content (AvgIpc) is 3.43. The predicted molar refractivity (Wildman–Crippen MR) is 108 cm³/mol. The number of fused-ring (bicyclic) bond motifs is 1. The number of hydrogen-bond acceptors (Lipinski definition) is 4. The van der Waals surface area contributed by atoms with E-state index in [4.69, 9.17) is 4.42 Å². The molecule has 0 spiro atoms. The molecule has 2 aliphatic rings. The molecule has 1 N–H and O–H groups in total. The zero-order valence-electron chi connectivity index (χ0n) is 17.5. The molecule has 7 heteroatoms. The van der Waals surface area contributed by atoms with Crippen molar-refractivity contribution < 1.29 is 14.0 Å². The molecule has 2 aromatic heterocycles. The Balaban J connectivity index is 1.38. The fraction of sp³-hybridized carbons (Fsp3) is 0.591. The van der Waals surface area contributed by atoms with Crippen LogP contribution in [0.4, 0.5) is 0 Å². The molecular weight excluding hydrogens is 368 g/mol. The Morgan fingerprint density at radius 2 is 2.17 bits per heavy atom. The zero-order valence-corrected chi connectivity index (χ0v) is 17.5. The van der Waals surface area contributed by atoms with Gasteiger partial charge in [0.2, 0.25) is 5.91 Å². The highest BCUT2D eigenvalue weighted by Crippen LogP contribution is 2.48. The Kier molecular flexibility index (Phi) is 5.23. The molecular formula is C22H30N4O3. The number of aromatic nitrogens is 2. The molecule has 1 aliphatic heterocycles. The van der Waals surface area contributed by atoms with Crippen LogP contribution < -0.4 is 5.32 Å². The lowest BCUT2D eigenvalue weighted by Crippen LogP contribution is -2.45. The van der Waals surface area contributed by atoms with Gasteiger partial charge >= 0.3 is 0 Å². The van der Waals surface area contributed by atoms with Crippen LogP contribution in [0.1, 0.15) is 59.5 Å². The summed E-state index contributed by atoms with van der Waals surface area (Å²) in [5, 5.41) is 7.51. The Labute approximate surface area is 171 Å². The maximum Gasteiger partial charge on any atom is 0.255 e. The number of aryl methyl sites for hydroxylation is 4. The van der Waals surface area contributed by atoms with Gasteiger partial charge in [-0.2, -0.15) is 5.10 Å². The summed E-state index contributed by atoms with van der Waals surface area (Å²) < 4.78 is 7.13. The third-order valence-corrected chi connectivity index (χ3v) is 6.76. The molecule has 0 unspecified atom stereocenters. The van der Waals surface area contributed by atoms with Gasteiger partial charge in [-0.1, -0.05) is 6.42 Å². The van der Waals surface area contributed by atoms with Crippen LogP contribution in [0.15, 0.2) is 22.9 Å². The summed E-state index contributed by atoms with van der Waals surface area (Å²) in [4.78, 5) is 27.7. The monoisotopic (exact) mass is 398 g/mol. The quantitative estimate of drug-likeness (QED) is 0.811. The van der Waals surface area contributed by atoms with Gasteiger partial charge in [-0.3, -0.25) is 14.3 Å². The largest absolute Gasteiger partial charge is 0.469 e. The van der Waals surface area contributed by atoms with E-state index in [1.807, 2.05) is 33.2 Å². The van der Waals surface area contributed by atoms with Gasteiger partial charge in [-0.25, -0.2) is 0 Å². The van der Waals surface area contributed by atoms with Crippen molar-refractivity contribution in [2.24, 2.45) is 12.5 Å². The van der Waals surface area contributed by atoms with Gasteiger partial charge in [-0.05, 0) is 39.2 Å². The Morgan fingerprint density at radius 1 is 1.34 bits per heavy atom. The molecule has 1 saturated heterocycles. The Bertz CT molecular complexity index is 896. The lowest BCUT2D eigenvalue weighted by Gasteiger charge is -2.32. The van der Waals surface area contributed by atoms with Gasteiger partial charge in [0.25, 0.3) is 5.91 Å². The fourth-order valence-electron chi connectivity index (χ4n) is 5.22. The maximum atomic E-state index is 12.9. The highest BCUT2D eigenvalue weighted by atomic mass is 16.3. The summed E-state index contributed by atoms with van der Waals surface area (Å²) >= 11 is 0. The van der Waals surface area contributed by atoms with E-state index in [1.165, 1.54) is 0 Å². The number of carbonyl (C=O) groups is 2. The number of nitrogens with zero attached hydrogens (tertiary/aromatic N) is 3. The second kappa shape index (κ2) is 7.69. The van der Waals surface area contributed by atoms with Crippen LogP contribution in [0.5, 0.6) is 0 Å². The second-order valence-electron chi connectivity index (χ2n) is 8.62. The first-order valence-electron chi connectivity index (χ1n) is 10.5. The minimum Gasteiger partial charge on any atom is -0.469 e. The van der Waals surface area contributed by atoms with Gasteiger partial charge in [0, 0.05) is 56.2 Å². The van der Waals surface area contributed by atoms with Gasteiger partial charge in [0.05, 0.1) is 17.5 Å². The summed E-state index contributed by atoms with van der Waals surface area (Å²) in [6.07, 6.45) is 8.84. The summed E-state index contributed by atoms with van der Waals surface area (Å²) in [7, 11) is 1.89. The van der Waals surface area contributed by atoms with Crippen molar-refractivity contribution in [3.63, 3.8) is 0 Å². The molecule has 156 valence electrons. The normalized spacial score (nSPS) is 23.4. The number of amides is 2. The third kappa shape index (κ3) is 3.70. The van der Waals surface area contributed by atoms with Crippen molar-refractivity contribution in [2.75, 3.05) is 13.1 Å². The first-order valence-corrected chi connectivity index (χ1v) is 10.5. The molecule has 4 rings (SSSR count). The SMILES string of the molecule is Cc1coc(C)c1C(=O)NC[C@]12CCC[C@H]1N(C(=O)CCc1ccn(C)n1)CC2. The lowest BCUT2D eigenvalue weighted by atomic mass is 9.82. The topological polar surface area (TPSA) is 80.4 Å². The molecule has 0 bridgehead atoms. The number of rotatable bonds is 6. The highest BCUT2D eigenvalue weighted by Gasteiger charge is 2.51. The van der Waals surface area contributed by atoms with E-state index >= 15 is 0 Å². The van der Waals surface area contributed by atoms with E-state index in [0.717, 1.165) is 43.5 Å². The summed E-state index contributed by atoms with van der Waals surface area (Å²) in [6.45, 7) is 5.10. The number of nitrogens with one attached hydrogen (secondary N) is 1. The van der Waals surface area contributed by atoms with E-state index in [-0.39, 0.29) is 23.3 Å². The lowest BCUT2D eigenvalue weighted by molar-refractivity contribution is -0.132. The van der Waals surface area contributed by atoms with E-state index < -0.39 is 0 Å². The summed E-state index contributed by atoms with van der Waals surface area (Å²) in [6, 6.07) is 2.19. The van der Waals surface area contributed by atoms with E-state index in [2.05, 4.69) is 15.3 Å². The van der Waals surface area contributed by atoms with Gasteiger partial charge in [0.1, 0.15) is 5.76 Å². The standard InChI is InChI=1S/C22H30N4O3/c1-15-13-29-16(2)20(15)21(28)23-14-22-9-4-5-18(22)26(12-10-22)19(27)7-6-17-8-11-25(3)24-17/h8,11,13,18H,4-7,9-10,12,14H2,1-3H3,(H,23,28)/t18-,22-/m1/s1. The molecule has 1 saturated carbocycles. The minimum atomic E-state index is -0.0753. The second-order valence-corrected chi connectivity index (χ2v) is 8.62. The molecule has 0 radical (unpaired) electrons. The number of carbonyl (C=O) groups excluding carboxylic acids is 2. The molecule has 2 amide bonds.